The van der Waals surface area contributed by atoms with E-state index in [4.69, 9.17) is 16.3 Å². The van der Waals surface area contributed by atoms with E-state index in [2.05, 4.69) is 25.6 Å². The zero-order chi connectivity index (χ0) is 18.9. The molecule has 6 nitrogen and oxygen atoms in total. The van der Waals surface area contributed by atoms with Gasteiger partial charge in [0.25, 0.3) is 0 Å². The number of aryl methyl sites for hydroxylation is 1. The molecule has 2 aromatic heterocycles. The molecule has 0 spiro atoms. The standard InChI is InChI=1S/C19H26ClN5O.HI/c1-5-21-19(22-9-8-15-6-7-17(20)24-11-15)25-12-16-14(3)18(26-4)13(2)10-23-16;/h6-7,10-11H,5,8-9,12H2,1-4H3,(H2,21,22,25);1H. The van der Waals surface area contributed by atoms with Gasteiger partial charge >= 0.3 is 0 Å². The van der Waals surface area contributed by atoms with Gasteiger partial charge in [0, 0.05) is 36.6 Å². The monoisotopic (exact) mass is 503 g/mol. The maximum absolute atomic E-state index is 5.81. The first kappa shape index (κ1) is 23.4. The molecule has 8 heteroatoms. The van der Waals surface area contributed by atoms with Crippen LogP contribution in [0.25, 0.3) is 0 Å². The number of hydrogen-bond acceptors (Lipinski definition) is 4. The van der Waals surface area contributed by atoms with Crippen LogP contribution in [0.5, 0.6) is 5.75 Å². The average molecular weight is 504 g/mol. The van der Waals surface area contributed by atoms with Crippen LogP contribution in [0.15, 0.2) is 29.5 Å². The van der Waals surface area contributed by atoms with Gasteiger partial charge in [-0.1, -0.05) is 17.7 Å². The number of nitrogens with one attached hydrogen (secondary N) is 2. The number of halogens is 2. The Labute approximate surface area is 183 Å². The maximum atomic E-state index is 5.81. The van der Waals surface area contributed by atoms with Crippen molar-refractivity contribution in [2.24, 2.45) is 4.99 Å². The molecule has 2 heterocycles. The minimum Gasteiger partial charge on any atom is -0.496 e. The topological polar surface area (TPSA) is 71.4 Å². The van der Waals surface area contributed by atoms with Crippen molar-refractivity contribution in [2.45, 2.75) is 33.7 Å². The highest BCUT2D eigenvalue weighted by atomic mass is 127. The molecular weight excluding hydrogens is 477 g/mol. The zero-order valence-electron chi connectivity index (χ0n) is 16.2. The number of ether oxygens (including phenoxy) is 1. The van der Waals surface area contributed by atoms with Crippen molar-refractivity contribution < 1.29 is 4.74 Å². The molecule has 0 aliphatic heterocycles. The van der Waals surface area contributed by atoms with Gasteiger partial charge in [-0.05, 0) is 38.8 Å². The van der Waals surface area contributed by atoms with E-state index in [1.165, 1.54) is 0 Å². The molecule has 0 aromatic carbocycles. The summed E-state index contributed by atoms with van der Waals surface area (Å²) >= 11 is 5.81. The lowest BCUT2D eigenvalue weighted by Crippen LogP contribution is -2.38. The fraction of sp³-hybridized carbons (Fsp3) is 0.421. The van der Waals surface area contributed by atoms with Gasteiger partial charge < -0.3 is 15.4 Å². The summed E-state index contributed by atoms with van der Waals surface area (Å²) in [4.78, 5) is 13.2. The third-order valence-electron chi connectivity index (χ3n) is 3.98. The molecule has 148 valence electrons. The summed E-state index contributed by atoms with van der Waals surface area (Å²) in [6.07, 6.45) is 4.45. The van der Waals surface area contributed by atoms with Crippen molar-refractivity contribution in [3.05, 3.63) is 52.1 Å². The summed E-state index contributed by atoms with van der Waals surface area (Å²) in [5.41, 5.74) is 4.09. The molecule has 0 bridgehead atoms. The number of rotatable bonds is 7. The summed E-state index contributed by atoms with van der Waals surface area (Å²) < 4.78 is 5.46. The predicted octanol–water partition coefficient (Wildman–Crippen LogP) is 3.67. The van der Waals surface area contributed by atoms with E-state index >= 15 is 0 Å². The minimum absolute atomic E-state index is 0. The van der Waals surface area contributed by atoms with Crippen molar-refractivity contribution in [3.63, 3.8) is 0 Å². The number of aliphatic imine (C=N–C) groups is 1. The van der Waals surface area contributed by atoms with Crippen molar-refractivity contribution in [2.75, 3.05) is 20.2 Å². The molecule has 27 heavy (non-hydrogen) atoms. The van der Waals surface area contributed by atoms with Crippen LogP contribution in [0.4, 0.5) is 0 Å². The highest BCUT2D eigenvalue weighted by Gasteiger charge is 2.09. The second-order valence-electron chi connectivity index (χ2n) is 5.91. The van der Waals surface area contributed by atoms with Crippen LogP contribution in [0.2, 0.25) is 5.15 Å². The highest BCUT2D eigenvalue weighted by Crippen LogP contribution is 2.24. The third-order valence-corrected chi connectivity index (χ3v) is 4.20. The van der Waals surface area contributed by atoms with Gasteiger partial charge in [0.2, 0.25) is 0 Å². The van der Waals surface area contributed by atoms with E-state index in [9.17, 15) is 0 Å². The molecule has 0 aliphatic rings. The Bertz CT molecular complexity index is 753. The SMILES string of the molecule is CCNC(=NCc1ncc(C)c(OC)c1C)NCCc1ccc(Cl)nc1.I. The quantitative estimate of drug-likeness (QED) is 0.261. The fourth-order valence-corrected chi connectivity index (χ4v) is 2.72. The second-order valence-corrected chi connectivity index (χ2v) is 6.29. The van der Waals surface area contributed by atoms with E-state index in [1.54, 1.807) is 19.4 Å². The number of methoxy groups -OCH3 is 1. The van der Waals surface area contributed by atoms with Crippen LogP contribution < -0.4 is 15.4 Å². The Kier molecular flexibility index (Phi) is 10.4. The number of aromatic nitrogens is 2. The Morgan fingerprint density at radius 3 is 2.59 bits per heavy atom. The average Bonchev–Trinajstić information content (AvgIpc) is 2.63. The molecule has 2 rings (SSSR count). The normalized spacial score (nSPS) is 10.9. The predicted molar refractivity (Wildman–Crippen MR) is 121 cm³/mol. The van der Waals surface area contributed by atoms with Gasteiger partial charge in [0.05, 0.1) is 19.3 Å². The molecule has 0 radical (unpaired) electrons. The zero-order valence-corrected chi connectivity index (χ0v) is 19.3. The molecular formula is C19H27ClIN5O. The molecule has 0 atom stereocenters. The smallest absolute Gasteiger partial charge is 0.191 e. The molecule has 0 unspecified atom stereocenters. The van der Waals surface area contributed by atoms with Crippen molar-refractivity contribution in [1.82, 2.24) is 20.6 Å². The first-order chi connectivity index (χ1) is 12.5. The van der Waals surface area contributed by atoms with Gasteiger partial charge in [-0.15, -0.1) is 24.0 Å². The summed E-state index contributed by atoms with van der Waals surface area (Å²) in [7, 11) is 1.68. The van der Waals surface area contributed by atoms with E-state index in [-0.39, 0.29) is 24.0 Å². The molecule has 2 aromatic rings. The van der Waals surface area contributed by atoms with Crippen LogP contribution in [-0.4, -0.2) is 36.1 Å². The molecule has 2 N–H and O–H groups in total. The van der Waals surface area contributed by atoms with Crippen LogP contribution >= 0.6 is 35.6 Å². The summed E-state index contributed by atoms with van der Waals surface area (Å²) in [6, 6.07) is 3.78. The lowest BCUT2D eigenvalue weighted by Gasteiger charge is -2.13. The Morgan fingerprint density at radius 2 is 1.96 bits per heavy atom. The largest absolute Gasteiger partial charge is 0.496 e. The number of guanidine groups is 1. The third kappa shape index (κ3) is 7.14. The Morgan fingerprint density at radius 1 is 1.19 bits per heavy atom. The Balaban J connectivity index is 0.00000364. The van der Waals surface area contributed by atoms with Crippen molar-refractivity contribution in [3.8, 4) is 5.75 Å². The Hall–Kier alpha value is -1.61. The molecule has 0 saturated heterocycles. The molecule has 0 aliphatic carbocycles. The minimum atomic E-state index is 0. The van der Waals surface area contributed by atoms with E-state index in [0.29, 0.717) is 11.7 Å². The van der Waals surface area contributed by atoms with Crippen molar-refractivity contribution in [1.29, 1.82) is 0 Å². The number of nitrogens with zero attached hydrogens (tertiary/aromatic N) is 3. The summed E-state index contributed by atoms with van der Waals surface area (Å²) in [6.45, 7) is 8.07. The lowest BCUT2D eigenvalue weighted by molar-refractivity contribution is 0.407. The fourth-order valence-electron chi connectivity index (χ4n) is 2.61. The first-order valence-corrected chi connectivity index (χ1v) is 9.04. The molecule has 0 amide bonds. The molecule has 0 saturated carbocycles. The second kappa shape index (κ2) is 12.0. The van der Waals surface area contributed by atoms with Crippen molar-refractivity contribution >= 4 is 41.5 Å². The summed E-state index contributed by atoms with van der Waals surface area (Å²) in [5.74, 6) is 1.63. The van der Waals surface area contributed by atoms with Gasteiger partial charge in [-0.25, -0.2) is 9.98 Å². The number of pyridine rings is 2. The van der Waals surface area contributed by atoms with Crippen LogP contribution in [-0.2, 0) is 13.0 Å². The maximum Gasteiger partial charge on any atom is 0.191 e. The summed E-state index contributed by atoms with van der Waals surface area (Å²) in [5, 5.41) is 7.09. The van der Waals surface area contributed by atoms with Gasteiger partial charge in [0.15, 0.2) is 5.96 Å². The van der Waals surface area contributed by atoms with E-state index < -0.39 is 0 Å². The van der Waals surface area contributed by atoms with E-state index in [0.717, 1.165) is 53.6 Å². The van der Waals surface area contributed by atoms with Crippen LogP contribution in [0.3, 0.4) is 0 Å². The highest BCUT2D eigenvalue weighted by molar-refractivity contribution is 14.0. The van der Waals surface area contributed by atoms with Gasteiger partial charge in [-0.3, -0.25) is 4.98 Å². The lowest BCUT2D eigenvalue weighted by atomic mass is 10.1. The van der Waals surface area contributed by atoms with Gasteiger partial charge in [0.1, 0.15) is 10.9 Å². The van der Waals surface area contributed by atoms with Crippen LogP contribution in [0.1, 0.15) is 29.3 Å². The van der Waals surface area contributed by atoms with Gasteiger partial charge in [-0.2, -0.15) is 0 Å². The first-order valence-electron chi connectivity index (χ1n) is 8.66. The van der Waals surface area contributed by atoms with E-state index in [1.807, 2.05) is 33.0 Å². The molecule has 0 fully saturated rings. The number of hydrogen-bond donors (Lipinski definition) is 2. The van der Waals surface area contributed by atoms with Crippen LogP contribution in [0, 0.1) is 13.8 Å².